The van der Waals surface area contributed by atoms with E-state index in [9.17, 15) is 0 Å². The number of hydrogen-bond donors (Lipinski definition) is 0. The lowest BCUT2D eigenvalue weighted by Gasteiger charge is -2.13. The van der Waals surface area contributed by atoms with Gasteiger partial charge in [0, 0.05) is 43.8 Å². The largest absolute Gasteiger partial charge is 0.456 e. The van der Waals surface area contributed by atoms with Gasteiger partial charge in [0.05, 0.1) is 0 Å². The lowest BCUT2D eigenvalue weighted by atomic mass is 9.92. The number of para-hydroxylation sites is 2. The summed E-state index contributed by atoms with van der Waals surface area (Å²) in [4.78, 5) is 15.6. The fourth-order valence-electron chi connectivity index (χ4n) is 8.56. The molecule has 0 fully saturated rings. The summed E-state index contributed by atoms with van der Waals surface area (Å²) < 4.78 is 13.1. The van der Waals surface area contributed by atoms with E-state index in [0.717, 1.165) is 71.7 Å². The van der Waals surface area contributed by atoms with Crippen molar-refractivity contribution in [3.63, 3.8) is 0 Å². The molecule has 0 saturated heterocycles. The molecule has 1 aliphatic rings. The summed E-state index contributed by atoms with van der Waals surface area (Å²) >= 11 is 0. The summed E-state index contributed by atoms with van der Waals surface area (Å²) in [5.41, 5.74) is 13.1. The van der Waals surface area contributed by atoms with Crippen molar-refractivity contribution in [2.75, 3.05) is 0 Å². The number of hydrogen-bond acceptors (Lipinski definition) is 5. The van der Waals surface area contributed by atoms with E-state index >= 15 is 0 Å². The fourth-order valence-corrected chi connectivity index (χ4v) is 8.56. The van der Waals surface area contributed by atoms with Crippen molar-refractivity contribution in [1.82, 2.24) is 15.0 Å². The van der Waals surface area contributed by atoms with Crippen LogP contribution in [-0.2, 0) is 0 Å². The molecule has 11 aromatic rings. The van der Waals surface area contributed by atoms with E-state index in [2.05, 4.69) is 91.0 Å². The van der Waals surface area contributed by atoms with Crippen molar-refractivity contribution in [2.45, 2.75) is 0 Å². The average molecular weight is 690 g/mol. The monoisotopic (exact) mass is 689 g/mol. The highest BCUT2D eigenvalue weighted by molar-refractivity contribution is 6.22. The molecule has 54 heavy (non-hydrogen) atoms. The third-order valence-electron chi connectivity index (χ3n) is 10.9. The molecule has 1 aliphatic carbocycles. The highest BCUT2D eigenvalue weighted by atomic mass is 16.3. The van der Waals surface area contributed by atoms with Crippen LogP contribution in [0, 0.1) is 0 Å². The molecule has 250 valence electrons. The van der Waals surface area contributed by atoms with Crippen LogP contribution >= 0.6 is 0 Å². The Morgan fingerprint density at radius 3 is 1.57 bits per heavy atom. The van der Waals surface area contributed by atoms with Gasteiger partial charge in [-0.1, -0.05) is 133 Å². The van der Waals surface area contributed by atoms with E-state index in [0.29, 0.717) is 17.5 Å². The van der Waals surface area contributed by atoms with Crippen LogP contribution in [0.15, 0.2) is 173 Å². The standard InChI is InChI=1S/C49H27N3O2/c1-2-12-28(13-3-1)47-50-48(38-20-11-23-42-44(38)36-16-6-8-21-40(36)53-42)52-49(51-47)39-27-26-35(46-45(39)37-17-7-9-22-41(37)54-46)31-24-25-34-30-15-5-4-14-29(30)32-18-10-19-33(31)43(32)34/h1-27H. The van der Waals surface area contributed by atoms with E-state index in [4.69, 9.17) is 23.8 Å². The summed E-state index contributed by atoms with van der Waals surface area (Å²) in [7, 11) is 0. The van der Waals surface area contributed by atoms with Crippen LogP contribution in [0.1, 0.15) is 0 Å². The van der Waals surface area contributed by atoms with Crippen molar-refractivity contribution >= 4 is 54.6 Å². The molecule has 0 unspecified atom stereocenters. The summed E-state index contributed by atoms with van der Waals surface area (Å²) in [6, 6.07) is 56.6. The van der Waals surface area contributed by atoms with Gasteiger partial charge in [-0.15, -0.1) is 0 Å². The van der Waals surface area contributed by atoms with Crippen molar-refractivity contribution in [1.29, 1.82) is 0 Å². The summed E-state index contributed by atoms with van der Waals surface area (Å²) in [5, 5.41) is 6.46. The van der Waals surface area contributed by atoms with E-state index in [1.54, 1.807) is 0 Å². The molecule has 5 nitrogen and oxygen atoms in total. The SMILES string of the molecule is c1ccc(-c2nc(-c3cccc4oc5ccccc5c34)nc(-c3ccc(-c4ccc5c6c(cccc46)-c4ccccc4-5)c4oc5ccccc5c34)n2)cc1. The summed E-state index contributed by atoms with van der Waals surface area (Å²) in [6.07, 6.45) is 0. The van der Waals surface area contributed by atoms with Crippen molar-refractivity contribution in [3.8, 4) is 67.5 Å². The lowest BCUT2D eigenvalue weighted by molar-refractivity contribution is 0.669. The highest BCUT2D eigenvalue weighted by Crippen LogP contribution is 2.51. The van der Waals surface area contributed by atoms with Gasteiger partial charge < -0.3 is 8.83 Å². The van der Waals surface area contributed by atoms with Crippen LogP contribution in [0.4, 0.5) is 0 Å². The maximum Gasteiger partial charge on any atom is 0.164 e. The molecule has 5 heteroatoms. The van der Waals surface area contributed by atoms with Gasteiger partial charge in [-0.2, -0.15) is 0 Å². The molecule has 0 radical (unpaired) electrons. The molecule has 3 aromatic heterocycles. The number of benzene rings is 8. The second-order valence-electron chi connectivity index (χ2n) is 13.8. The molecule has 3 heterocycles. The molecule has 0 aliphatic heterocycles. The first-order valence-corrected chi connectivity index (χ1v) is 18.1. The predicted molar refractivity (Wildman–Crippen MR) is 218 cm³/mol. The molecule has 0 atom stereocenters. The Labute approximate surface area is 308 Å². The Hall–Kier alpha value is -7.37. The molecule has 8 aromatic carbocycles. The third kappa shape index (κ3) is 4.12. The number of fused-ring (bicyclic) bond motifs is 9. The van der Waals surface area contributed by atoms with Crippen LogP contribution < -0.4 is 0 Å². The minimum atomic E-state index is 0.572. The normalized spacial score (nSPS) is 12.1. The molecule has 12 rings (SSSR count). The number of furan rings is 2. The zero-order chi connectivity index (χ0) is 35.3. The van der Waals surface area contributed by atoms with Crippen LogP contribution in [0.3, 0.4) is 0 Å². The number of aromatic nitrogens is 3. The first-order chi connectivity index (χ1) is 26.8. The number of nitrogens with zero attached hydrogens (tertiary/aromatic N) is 3. The highest BCUT2D eigenvalue weighted by Gasteiger charge is 2.26. The van der Waals surface area contributed by atoms with Gasteiger partial charge in [0.1, 0.15) is 22.3 Å². The van der Waals surface area contributed by atoms with Crippen LogP contribution in [0.25, 0.3) is 122 Å². The van der Waals surface area contributed by atoms with Gasteiger partial charge >= 0.3 is 0 Å². The topological polar surface area (TPSA) is 65.0 Å². The Morgan fingerprint density at radius 1 is 0.278 bits per heavy atom. The average Bonchev–Trinajstić information content (AvgIpc) is 3.92. The zero-order valence-corrected chi connectivity index (χ0v) is 28.7. The van der Waals surface area contributed by atoms with E-state index in [1.807, 2.05) is 72.8 Å². The molecule has 0 bridgehead atoms. The van der Waals surface area contributed by atoms with Crippen LogP contribution in [-0.4, -0.2) is 15.0 Å². The quantitative estimate of drug-likeness (QED) is 0.184. The van der Waals surface area contributed by atoms with E-state index < -0.39 is 0 Å². The Morgan fingerprint density at radius 2 is 0.778 bits per heavy atom. The van der Waals surface area contributed by atoms with E-state index in [-0.39, 0.29) is 0 Å². The maximum atomic E-state index is 6.83. The molecule has 0 amide bonds. The molecular formula is C49H27N3O2. The molecule has 0 N–H and O–H groups in total. The molecule has 0 saturated carbocycles. The van der Waals surface area contributed by atoms with Crippen LogP contribution in [0.5, 0.6) is 0 Å². The first-order valence-electron chi connectivity index (χ1n) is 18.1. The van der Waals surface area contributed by atoms with Crippen molar-refractivity contribution in [3.05, 3.63) is 164 Å². The van der Waals surface area contributed by atoms with Gasteiger partial charge in [-0.25, -0.2) is 15.0 Å². The lowest BCUT2D eigenvalue weighted by Crippen LogP contribution is -2.01. The smallest absolute Gasteiger partial charge is 0.164 e. The second-order valence-corrected chi connectivity index (χ2v) is 13.8. The minimum absolute atomic E-state index is 0.572. The second kappa shape index (κ2) is 11.1. The van der Waals surface area contributed by atoms with Gasteiger partial charge in [-0.3, -0.25) is 0 Å². The first kappa shape index (κ1) is 29.2. The predicted octanol–water partition coefficient (Wildman–Crippen LogP) is 13.1. The number of rotatable bonds is 4. The Kier molecular flexibility index (Phi) is 5.99. The zero-order valence-electron chi connectivity index (χ0n) is 28.7. The van der Waals surface area contributed by atoms with Crippen LogP contribution in [0.2, 0.25) is 0 Å². The Balaban J connectivity index is 1.13. The van der Waals surface area contributed by atoms with E-state index in [1.165, 1.54) is 33.0 Å². The summed E-state index contributed by atoms with van der Waals surface area (Å²) in [5.74, 6) is 1.74. The van der Waals surface area contributed by atoms with Crippen molar-refractivity contribution < 1.29 is 8.83 Å². The molecule has 0 spiro atoms. The van der Waals surface area contributed by atoms with Gasteiger partial charge in [-0.05, 0) is 68.9 Å². The van der Waals surface area contributed by atoms with Gasteiger partial charge in [0.15, 0.2) is 17.5 Å². The van der Waals surface area contributed by atoms with Gasteiger partial charge in [0.2, 0.25) is 0 Å². The maximum absolute atomic E-state index is 6.83. The summed E-state index contributed by atoms with van der Waals surface area (Å²) in [6.45, 7) is 0. The minimum Gasteiger partial charge on any atom is -0.456 e. The molecular weight excluding hydrogens is 663 g/mol. The Bertz CT molecular complexity index is 3310. The fraction of sp³-hybridized carbons (Fsp3) is 0. The van der Waals surface area contributed by atoms with Crippen molar-refractivity contribution in [2.24, 2.45) is 0 Å². The third-order valence-corrected chi connectivity index (χ3v) is 10.9. The van der Waals surface area contributed by atoms with Gasteiger partial charge in [0.25, 0.3) is 0 Å².